The van der Waals surface area contributed by atoms with E-state index in [2.05, 4.69) is 13.8 Å². The molecule has 0 fully saturated rings. The number of hydrogen-bond acceptors (Lipinski definition) is 4. The summed E-state index contributed by atoms with van der Waals surface area (Å²) in [7, 11) is 0. The van der Waals surface area contributed by atoms with Crippen LogP contribution < -0.4 is 0 Å². The second-order valence-electron chi connectivity index (χ2n) is 6.50. The molecule has 0 saturated heterocycles. The summed E-state index contributed by atoms with van der Waals surface area (Å²) in [6, 6.07) is 0. The number of carbonyl (C=O) groups excluding carboxylic acids is 2. The molecule has 0 aliphatic heterocycles. The predicted molar refractivity (Wildman–Crippen MR) is 109 cm³/mol. The molecule has 0 aromatic heterocycles. The summed E-state index contributed by atoms with van der Waals surface area (Å²) in [6.07, 6.45) is 17.7. The minimum atomic E-state index is -1.07. The zero-order valence-corrected chi connectivity index (χ0v) is 22.4. The average molecular weight is 578 g/mol. The summed E-state index contributed by atoms with van der Waals surface area (Å²) >= 11 is -2.14. The fraction of sp³-hybridized carbons (Fsp3) is 0.800. The van der Waals surface area contributed by atoms with Gasteiger partial charge in [-0.1, -0.05) is 0 Å². The molecule has 0 heterocycles. The van der Waals surface area contributed by atoms with Gasteiger partial charge < -0.3 is 0 Å². The zero-order chi connectivity index (χ0) is 19.3. The summed E-state index contributed by atoms with van der Waals surface area (Å²) in [5.74, 6) is -0.748. The monoisotopic (exact) mass is 580 g/mol. The van der Waals surface area contributed by atoms with Crippen LogP contribution in [0.5, 0.6) is 0 Å². The maximum atomic E-state index is 11.6. The van der Waals surface area contributed by atoms with E-state index >= 15 is 0 Å². The summed E-state index contributed by atoms with van der Waals surface area (Å²) in [6.45, 7) is 4.44. The van der Waals surface area contributed by atoms with Gasteiger partial charge in [0, 0.05) is 0 Å². The van der Waals surface area contributed by atoms with Gasteiger partial charge in [0.15, 0.2) is 0 Å². The molecule has 0 unspecified atom stereocenters. The van der Waals surface area contributed by atoms with Crippen LogP contribution >= 0.6 is 0 Å². The number of carbonyl (C=O) groups is 2. The molecular weight excluding hydrogens is 542 g/mol. The van der Waals surface area contributed by atoms with Crippen molar-refractivity contribution in [1.82, 2.24) is 0 Å². The topological polar surface area (TPSA) is 52.6 Å². The minimum absolute atomic E-state index is 0.374. The summed E-state index contributed by atoms with van der Waals surface area (Å²) in [5.41, 5.74) is 0. The molecule has 26 heavy (non-hydrogen) atoms. The van der Waals surface area contributed by atoms with Gasteiger partial charge in [0.1, 0.15) is 0 Å². The van der Waals surface area contributed by atoms with Gasteiger partial charge in [0.05, 0.1) is 0 Å². The van der Waals surface area contributed by atoms with Crippen molar-refractivity contribution in [2.24, 2.45) is 0 Å². The van der Waals surface area contributed by atoms with Crippen LogP contribution in [0.15, 0.2) is 12.2 Å². The van der Waals surface area contributed by atoms with E-state index in [1.807, 2.05) is 0 Å². The van der Waals surface area contributed by atoms with Gasteiger partial charge >= 0.3 is 183 Å². The third kappa shape index (κ3) is 20.6. The molecule has 0 bridgehead atoms. The van der Waals surface area contributed by atoms with Gasteiger partial charge in [-0.05, 0) is 0 Å². The van der Waals surface area contributed by atoms with Crippen LogP contribution in [0.2, 0.25) is 8.87 Å². The van der Waals surface area contributed by atoms with Crippen LogP contribution in [-0.4, -0.2) is 55.1 Å². The molecule has 0 aromatic rings. The third-order valence-corrected chi connectivity index (χ3v) is 9.12. The van der Waals surface area contributed by atoms with E-state index in [1.165, 1.54) is 89.2 Å². The molecule has 0 saturated carbocycles. The standard InChI is InChI=1S/2C8H17.C4H4O4.2Sn/c2*1-3-5-7-8-6-4-2;5-3(6)1-2-4(7)8;;/h2*1,3-8H2,2H3;1-2H,(H,5,6)(H,7,8);;/q;;;2*+1/p-2/b;;2-1-;;. The van der Waals surface area contributed by atoms with Crippen molar-refractivity contribution < 1.29 is 15.7 Å². The van der Waals surface area contributed by atoms with Gasteiger partial charge in [-0.2, -0.15) is 0 Å². The molecule has 0 N–H and O–H groups in total. The third-order valence-electron chi connectivity index (χ3n) is 3.97. The zero-order valence-electron chi connectivity index (χ0n) is 16.7. The Morgan fingerprint density at radius 1 is 0.615 bits per heavy atom. The van der Waals surface area contributed by atoms with Gasteiger partial charge in [-0.25, -0.2) is 0 Å². The van der Waals surface area contributed by atoms with Crippen molar-refractivity contribution in [3.8, 4) is 0 Å². The van der Waals surface area contributed by atoms with Crippen LogP contribution in [0.1, 0.15) is 90.9 Å². The van der Waals surface area contributed by atoms with E-state index in [4.69, 9.17) is 6.15 Å². The van der Waals surface area contributed by atoms with Crippen molar-refractivity contribution in [2.75, 3.05) is 0 Å². The molecule has 4 radical (unpaired) electrons. The Morgan fingerprint density at radius 2 is 0.962 bits per heavy atom. The van der Waals surface area contributed by atoms with E-state index in [0.717, 1.165) is 8.87 Å². The van der Waals surface area contributed by atoms with Crippen molar-refractivity contribution >= 4 is 55.1 Å². The second-order valence-corrected chi connectivity index (χ2v) is 12.2. The Bertz CT molecular complexity index is 339. The molecule has 6 heteroatoms. The van der Waals surface area contributed by atoms with Crippen LogP contribution in [0.25, 0.3) is 0 Å². The van der Waals surface area contributed by atoms with Crippen LogP contribution in [0.4, 0.5) is 0 Å². The summed E-state index contributed by atoms with van der Waals surface area (Å²) in [5, 5.41) is 0. The van der Waals surface area contributed by atoms with E-state index in [1.54, 1.807) is 0 Å². The SMILES string of the molecule is CCCCCCC[CH2][Sn][O]C(=O)/C=C\C(=O)[O][Sn][CH2]CCCCCCC. The Morgan fingerprint density at radius 3 is 1.35 bits per heavy atom. The molecule has 0 rings (SSSR count). The van der Waals surface area contributed by atoms with E-state index in [0.29, 0.717) is 0 Å². The molecule has 0 aliphatic carbocycles. The van der Waals surface area contributed by atoms with Crippen molar-refractivity contribution in [2.45, 2.75) is 99.8 Å². The normalized spacial score (nSPS) is 11.0. The van der Waals surface area contributed by atoms with Crippen molar-refractivity contribution in [3.05, 3.63) is 12.2 Å². The Balaban J connectivity index is 3.45. The molecule has 148 valence electrons. The van der Waals surface area contributed by atoms with E-state index in [-0.39, 0.29) is 11.9 Å². The van der Waals surface area contributed by atoms with Crippen LogP contribution in [0.3, 0.4) is 0 Å². The van der Waals surface area contributed by atoms with Gasteiger partial charge in [-0.15, -0.1) is 0 Å². The molecule has 0 spiro atoms. The average Bonchev–Trinajstić information content (AvgIpc) is 2.64. The Hall–Kier alpha value is 0.277. The first-order valence-corrected chi connectivity index (χ1v) is 16.6. The first-order chi connectivity index (χ1) is 12.7. The Kier molecular flexibility index (Phi) is 21.8. The van der Waals surface area contributed by atoms with Crippen LogP contribution in [-0.2, 0) is 15.7 Å². The Labute approximate surface area is 181 Å². The number of rotatable bonds is 18. The fourth-order valence-corrected chi connectivity index (χ4v) is 6.44. The first-order valence-electron chi connectivity index (χ1n) is 10.3. The fourth-order valence-electron chi connectivity index (χ4n) is 2.40. The van der Waals surface area contributed by atoms with Gasteiger partial charge in [-0.3, -0.25) is 0 Å². The maximum absolute atomic E-state index is 11.6. The second kappa shape index (κ2) is 21.6. The molecule has 0 atom stereocenters. The van der Waals surface area contributed by atoms with Crippen molar-refractivity contribution in [3.63, 3.8) is 0 Å². The molecular formula is C20H36O4Sn2. The van der Waals surface area contributed by atoms with Gasteiger partial charge in [0.2, 0.25) is 0 Å². The summed E-state index contributed by atoms with van der Waals surface area (Å²) in [4.78, 5) is 23.1. The molecule has 4 nitrogen and oxygen atoms in total. The predicted octanol–water partition coefficient (Wildman–Crippen LogP) is 5.43. The van der Waals surface area contributed by atoms with Crippen LogP contribution in [0, 0.1) is 0 Å². The molecule has 0 aliphatic rings. The number of hydrogen-bond donors (Lipinski definition) is 0. The van der Waals surface area contributed by atoms with E-state index < -0.39 is 43.1 Å². The van der Waals surface area contributed by atoms with Gasteiger partial charge in [0.25, 0.3) is 0 Å². The molecule has 0 aromatic carbocycles. The first kappa shape index (κ1) is 26.3. The molecule has 0 amide bonds. The van der Waals surface area contributed by atoms with E-state index in [9.17, 15) is 9.59 Å². The summed E-state index contributed by atoms with van der Waals surface area (Å²) < 4.78 is 12.6. The quantitative estimate of drug-likeness (QED) is 0.124. The number of unbranched alkanes of at least 4 members (excludes halogenated alkanes) is 10. The van der Waals surface area contributed by atoms with Crippen molar-refractivity contribution in [1.29, 1.82) is 0 Å².